The molecule has 2 N–H and O–H groups in total. The Labute approximate surface area is 88.1 Å². The highest BCUT2D eigenvalue weighted by Gasteiger charge is 2.28. The Morgan fingerprint density at radius 1 is 1.60 bits per heavy atom. The topological polar surface area (TPSA) is 69.2 Å². The van der Waals surface area contributed by atoms with Gasteiger partial charge in [-0.05, 0) is 25.9 Å². The molecule has 15 heavy (non-hydrogen) atoms. The van der Waals surface area contributed by atoms with Crippen molar-refractivity contribution in [3.63, 3.8) is 0 Å². The summed E-state index contributed by atoms with van der Waals surface area (Å²) in [7, 11) is 0. The van der Waals surface area contributed by atoms with Gasteiger partial charge >= 0.3 is 5.97 Å². The maximum absolute atomic E-state index is 11.1. The van der Waals surface area contributed by atoms with Gasteiger partial charge < -0.3 is 10.1 Å². The van der Waals surface area contributed by atoms with Crippen molar-refractivity contribution in [3.8, 4) is 0 Å². The van der Waals surface area contributed by atoms with Gasteiger partial charge in [-0.3, -0.25) is 9.69 Å². The number of hydrogen-bond donors (Lipinski definition) is 2. The minimum Gasteiger partial charge on any atom is -0.480 e. The summed E-state index contributed by atoms with van der Waals surface area (Å²) in [5, 5.41) is 9.16. The molecular weight excluding hydrogens is 194 g/mol. The van der Waals surface area contributed by atoms with Gasteiger partial charge in [0.1, 0.15) is 6.04 Å². The van der Waals surface area contributed by atoms with Gasteiger partial charge in [0, 0.05) is 18.3 Å². The number of aromatic nitrogens is 2. The molecule has 0 aliphatic carbocycles. The number of nitrogens with one attached hydrogen (secondary N) is 1. The lowest BCUT2D eigenvalue weighted by Crippen LogP contribution is -2.40. The predicted molar refractivity (Wildman–Crippen MR) is 54.5 cm³/mol. The summed E-state index contributed by atoms with van der Waals surface area (Å²) in [6.45, 7) is 1.79. The van der Waals surface area contributed by atoms with Crippen LogP contribution in [0, 0.1) is 0 Å². The van der Waals surface area contributed by atoms with Crippen molar-refractivity contribution in [2.24, 2.45) is 0 Å². The van der Waals surface area contributed by atoms with Gasteiger partial charge in [-0.25, -0.2) is 4.98 Å². The zero-order valence-electron chi connectivity index (χ0n) is 8.52. The number of carboxylic acids is 1. The Balaban J connectivity index is 2.03. The van der Waals surface area contributed by atoms with E-state index < -0.39 is 12.0 Å². The lowest BCUT2D eigenvalue weighted by molar-refractivity contribution is -0.142. The van der Waals surface area contributed by atoms with Crippen LogP contribution in [0.2, 0.25) is 0 Å². The number of imidazole rings is 1. The smallest absolute Gasteiger partial charge is 0.321 e. The van der Waals surface area contributed by atoms with Crippen molar-refractivity contribution in [3.05, 3.63) is 18.2 Å². The Morgan fingerprint density at radius 3 is 2.87 bits per heavy atom. The number of aliphatic carboxylic acids is 1. The summed E-state index contributed by atoms with van der Waals surface area (Å²) in [6, 6.07) is -0.409. The first kappa shape index (κ1) is 10.2. The van der Waals surface area contributed by atoms with Crippen LogP contribution < -0.4 is 0 Å². The largest absolute Gasteiger partial charge is 0.480 e. The Morgan fingerprint density at radius 2 is 2.33 bits per heavy atom. The van der Waals surface area contributed by atoms with Gasteiger partial charge in [-0.2, -0.15) is 0 Å². The van der Waals surface area contributed by atoms with E-state index in [-0.39, 0.29) is 0 Å². The van der Waals surface area contributed by atoms with Crippen LogP contribution in [0.1, 0.15) is 18.5 Å². The molecular formula is C10H15N3O2. The van der Waals surface area contributed by atoms with Crippen molar-refractivity contribution in [2.45, 2.75) is 25.3 Å². The standard InChI is InChI=1S/C10H15N3O2/c14-10(15)9(13-3-1-2-4-13)5-8-6-11-7-12-8/h6-7,9H,1-5H2,(H,11,12)(H,14,15)/t9-/m0/s1. The van der Waals surface area contributed by atoms with E-state index >= 15 is 0 Å². The zero-order chi connectivity index (χ0) is 10.7. The highest BCUT2D eigenvalue weighted by atomic mass is 16.4. The van der Waals surface area contributed by atoms with Crippen LogP contribution in [0.25, 0.3) is 0 Å². The van der Waals surface area contributed by atoms with Gasteiger partial charge in [0.05, 0.1) is 6.33 Å². The zero-order valence-corrected chi connectivity index (χ0v) is 8.52. The maximum atomic E-state index is 11.1. The second kappa shape index (κ2) is 4.44. The molecule has 82 valence electrons. The Bertz CT molecular complexity index is 317. The predicted octanol–water partition coefficient (Wildman–Crippen LogP) is 0.501. The van der Waals surface area contributed by atoms with Gasteiger partial charge in [-0.15, -0.1) is 0 Å². The molecule has 1 saturated heterocycles. The lowest BCUT2D eigenvalue weighted by atomic mass is 10.1. The molecule has 2 rings (SSSR count). The molecule has 1 atom stereocenters. The third kappa shape index (κ3) is 2.36. The SMILES string of the molecule is O=C(O)[C@H](Cc1cnc[nH]1)N1CCCC1. The van der Waals surface area contributed by atoms with Crippen molar-refractivity contribution >= 4 is 5.97 Å². The van der Waals surface area contributed by atoms with Crippen LogP contribution in [-0.2, 0) is 11.2 Å². The fourth-order valence-corrected chi connectivity index (χ4v) is 2.03. The van der Waals surface area contributed by atoms with Gasteiger partial charge in [-0.1, -0.05) is 0 Å². The molecule has 0 saturated carbocycles. The molecule has 1 aromatic rings. The van der Waals surface area contributed by atoms with Gasteiger partial charge in [0.15, 0.2) is 0 Å². The quantitative estimate of drug-likeness (QED) is 0.757. The Kier molecular flexibility index (Phi) is 3.01. The molecule has 2 heterocycles. The first-order valence-electron chi connectivity index (χ1n) is 5.21. The molecule has 5 heteroatoms. The third-order valence-corrected chi connectivity index (χ3v) is 2.83. The van der Waals surface area contributed by atoms with E-state index in [1.165, 1.54) is 0 Å². The van der Waals surface area contributed by atoms with Crippen molar-refractivity contribution in [1.82, 2.24) is 14.9 Å². The summed E-state index contributed by atoms with van der Waals surface area (Å²) in [6.07, 6.45) is 5.99. The molecule has 0 unspecified atom stereocenters. The second-order valence-corrected chi connectivity index (χ2v) is 3.88. The van der Waals surface area contributed by atoms with Gasteiger partial charge in [0.25, 0.3) is 0 Å². The molecule has 0 radical (unpaired) electrons. The number of likely N-dealkylation sites (tertiary alicyclic amines) is 1. The fourth-order valence-electron chi connectivity index (χ4n) is 2.03. The van der Waals surface area contributed by atoms with Crippen molar-refractivity contribution < 1.29 is 9.90 Å². The number of rotatable bonds is 4. The summed E-state index contributed by atoms with van der Waals surface area (Å²) in [5.74, 6) is -0.744. The molecule has 1 aliphatic rings. The van der Waals surface area contributed by atoms with Crippen LogP contribution >= 0.6 is 0 Å². The summed E-state index contributed by atoms with van der Waals surface area (Å²) < 4.78 is 0. The highest BCUT2D eigenvalue weighted by molar-refractivity contribution is 5.73. The lowest BCUT2D eigenvalue weighted by Gasteiger charge is -2.22. The van der Waals surface area contributed by atoms with E-state index in [0.717, 1.165) is 31.6 Å². The number of carbonyl (C=O) groups is 1. The van der Waals surface area contributed by atoms with Crippen LogP contribution in [0.15, 0.2) is 12.5 Å². The van der Waals surface area contributed by atoms with E-state index in [0.29, 0.717) is 6.42 Å². The monoisotopic (exact) mass is 209 g/mol. The highest BCUT2D eigenvalue weighted by Crippen LogP contribution is 2.14. The third-order valence-electron chi connectivity index (χ3n) is 2.83. The summed E-state index contributed by atoms with van der Waals surface area (Å²) in [5.41, 5.74) is 0.884. The molecule has 0 aromatic carbocycles. The Hall–Kier alpha value is -1.36. The normalized spacial score (nSPS) is 19.2. The number of nitrogens with zero attached hydrogens (tertiary/aromatic N) is 2. The maximum Gasteiger partial charge on any atom is 0.321 e. The number of aromatic amines is 1. The van der Waals surface area contributed by atoms with E-state index in [1.807, 2.05) is 4.90 Å². The molecule has 1 aliphatic heterocycles. The molecule has 0 bridgehead atoms. The minimum absolute atomic E-state index is 0.409. The van der Waals surface area contributed by atoms with Crippen LogP contribution in [-0.4, -0.2) is 45.1 Å². The average molecular weight is 209 g/mol. The second-order valence-electron chi connectivity index (χ2n) is 3.88. The van der Waals surface area contributed by atoms with E-state index in [1.54, 1.807) is 12.5 Å². The minimum atomic E-state index is -0.744. The van der Waals surface area contributed by atoms with E-state index in [9.17, 15) is 4.79 Å². The van der Waals surface area contributed by atoms with Crippen LogP contribution in [0.5, 0.6) is 0 Å². The van der Waals surface area contributed by atoms with E-state index in [2.05, 4.69) is 9.97 Å². The van der Waals surface area contributed by atoms with Crippen LogP contribution in [0.3, 0.4) is 0 Å². The van der Waals surface area contributed by atoms with Crippen molar-refractivity contribution in [2.75, 3.05) is 13.1 Å². The van der Waals surface area contributed by atoms with E-state index in [4.69, 9.17) is 5.11 Å². The molecule has 0 amide bonds. The molecule has 0 spiro atoms. The molecule has 1 fully saturated rings. The molecule has 5 nitrogen and oxygen atoms in total. The first-order chi connectivity index (χ1) is 7.27. The first-order valence-corrected chi connectivity index (χ1v) is 5.21. The van der Waals surface area contributed by atoms with Crippen molar-refractivity contribution in [1.29, 1.82) is 0 Å². The number of carboxylic acid groups (broad SMARTS) is 1. The fraction of sp³-hybridized carbons (Fsp3) is 0.600. The number of hydrogen-bond acceptors (Lipinski definition) is 3. The van der Waals surface area contributed by atoms with Crippen LogP contribution in [0.4, 0.5) is 0 Å². The molecule has 1 aromatic heterocycles. The average Bonchev–Trinajstić information content (AvgIpc) is 2.87. The van der Waals surface area contributed by atoms with Gasteiger partial charge in [0.2, 0.25) is 0 Å². The number of H-pyrrole nitrogens is 1. The summed E-state index contributed by atoms with van der Waals surface area (Å²) >= 11 is 0. The summed E-state index contributed by atoms with van der Waals surface area (Å²) in [4.78, 5) is 20.0.